The third-order valence-electron chi connectivity index (χ3n) is 4.67. The Bertz CT molecular complexity index is 976. The van der Waals surface area contributed by atoms with Gasteiger partial charge in [0.05, 0.1) is 23.4 Å². The molecule has 3 rings (SSSR count). The van der Waals surface area contributed by atoms with Crippen molar-refractivity contribution in [3.05, 3.63) is 87.4 Å². The van der Waals surface area contributed by atoms with Gasteiger partial charge in [-0.05, 0) is 57.0 Å². The summed E-state index contributed by atoms with van der Waals surface area (Å²) >= 11 is 6.29. The third kappa shape index (κ3) is 4.51. The molecule has 146 valence electrons. The van der Waals surface area contributed by atoms with Gasteiger partial charge in [0.15, 0.2) is 0 Å². The first-order valence-corrected chi connectivity index (χ1v) is 9.50. The van der Waals surface area contributed by atoms with Crippen LogP contribution >= 0.6 is 11.6 Å². The van der Waals surface area contributed by atoms with Crippen molar-refractivity contribution in [1.29, 1.82) is 0 Å². The molecule has 0 amide bonds. The third-order valence-corrected chi connectivity index (χ3v) is 5.06. The highest BCUT2D eigenvalue weighted by Gasteiger charge is 2.21. The number of nitrogens with zero attached hydrogens (tertiary/aromatic N) is 1. The van der Waals surface area contributed by atoms with Crippen LogP contribution in [0.4, 0.5) is 4.39 Å². The van der Waals surface area contributed by atoms with Crippen molar-refractivity contribution >= 4 is 11.6 Å². The molecular weight excluding hydrogens is 377 g/mol. The summed E-state index contributed by atoms with van der Waals surface area (Å²) in [5.74, 6) is 0.566. The Balaban J connectivity index is 1.90. The quantitative estimate of drug-likeness (QED) is 0.453. The van der Waals surface area contributed by atoms with Gasteiger partial charge in [-0.3, -0.25) is 4.98 Å². The monoisotopic (exact) mass is 399 g/mol. The Kier molecular flexibility index (Phi) is 6.32. The first-order chi connectivity index (χ1) is 13.4. The molecule has 0 saturated heterocycles. The molecule has 1 atom stereocenters. The smallest absolute Gasteiger partial charge is 0.148 e. The van der Waals surface area contributed by atoms with Gasteiger partial charge in [-0.1, -0.05) is 41.9 Å². The molecule has 0 N–H and O–H groups in total. The fraction of sp³-hybridized carbons (Fsp3) is 0.261. The highest BCUT2D eigenvalue weighted by atomic mass is 35.5. The fourth-order valence-corrected chi connectivity index (χ4v) is 3.23. The van der Waals surface area contributed by atoms with E-state index in [1.54, 1.807) is 6.07 Å². The number of aromatic nitrogens is 1. The minimum atomic E-state index is -0.505. The zero-order valence-electron chi connectivity index (χ0n) is 16.4. The number of hydrogen-bond acceptors (Lipinski definition) is 3. The second kappa shape index (κ2) is 8.72. The zero-order chi connectivity index (χ0) is 20.3. The van der Waals surface area contributed by atoms with E-state index in [0.717, 1.165) is 22.5 Å². The largest absolute Gasteiger partial charge is 0.455 e. The average molecular weight is 400 g/mol. The normalized spacial score (nSPS) is 12.1. The summed E-state index contributed by atoms with van der Waals surface area (Å²) in [5.41, 5.74) is 4.23. The maximum Gasteiger partial charge on any atom is 0.148 e. The predicted octanol–water partition coefficient (Wildman–Crippen LogP) is 6.87. The lowest BCUT2D eigenvalue weighted by atomic mass is 10.1. The summed E-state index contributed by atoms with van der Waals surface area (Å²) in [6.45, 7) is 8.02. The van der Waals surface area contributed by atoms with Gasteiger partial charge in [-0.2, -0.15) is 0 Å². The molecule has 2 aromatic carbocycles. The van der Waals surface area contributed by atoms with Crippen molar-refractivity contribution in [2.75, 3.05) is 0 Å². The van der Waals surface area contributed by atoms with Crippen LogP contribution < -0.4 is 4.74 Å². The summed E-state index contributed by atoms with van der Waals surface area (Å²) < 4.78 is 26.2. The number of rotatable bonds is 6. The molecule has 1 aromatic heterocycles. The molecule has 5 heteroatoms. The minimum absolute atomic E-state index is 0.00695. The van der Waals surface area contributed by atoms with Crippen LogP contribution in [0.2, 0.25) is 5.02 Å². The van der Waals surface area contributed by atoms with Gasteiger partial charge in [0.25, 0.3) is 0 Å². The summed E-state index contributed by atoms with van der Waals surface area (Å²) in [5, 5.41) is 0.00695. The van der Waals surface area contributed by atoms with E-state index < -0.39 is 11.9 Å². The van der Waals surface area contributed by atoms with Crippen LogP contribution in [-0.2, 0) is 11.3 Å². The SMILES string of the molecule is Cc1cc(Oc2ccc(F)c(Cl)c2C(C)OCc2ccccc2)c(C)nc1C. The summed E-state index contributed by atoms with van der Waals surface area (Å²) in [4.78, 5) is 4.50. The van der Waals surface area contributed by atoms with Crippen LogP contribution in [0.5, 0.6) is 11.5 Å². The molecule has 0 bridgehead atoms. The topological polar surface area (TPSA) is 31.4 Å². The number of ether oxygens (including phenoxy) is 2. The van der Waals surface area contributed by atoms with Gasteiger partial charge in [-0.25, -0.2) is 4.39 Å². The van der Waals surface area contributed by atoms with E-state index in [1.807, 2.05) is 64.1 Å². The van der Waals surface area contributed by atoms with Gasteiger partial charge in [0, 0.05) is 11.3 Å². The van der Waals surface area contributed by atoms with Crippen molar-refractivity contribution in [2.24, 2.45) is 0 Å². The summed E-state index contributed by atoms with van der Waals surface area (Å²) in [6.07, 6.45) is -0.460. The molecule has 28 heavy (non-hydrogen) atoms. The number of halogens is 2. The molecule has 0 fully saturated rings. The van der Waals surface area contributed by atoms with Crippen LogP contribution in [0.1, 0.15) is 41.1 Å². The van der Waals surface area contributed by atoms with Crippen LogP contribution in [-0.4, -0.2) is 4.98 Å². The van der Waals surface area contributed by atoms with E-state index in [1.165, 1.54) is 6.07 Å². The Hall–Kier alpha value is -2.43. The van der Waals surface area contributed by atoms with Gasteiger partial charge in [-0.15, -0.1) is 0 Å². The molecule has 0 aliphatic rings. The Labute approximate surface area is 170 Å². The maximum absolute atomic E-state index is 14.2. The van der Waals surface area contributed by atoms with Crippen LogP contribution in [0.3, 0.4) is 0 Å². The van der Waals surface area contributed by atoms with Crippen molar-refractivity contribution < 1.29 is 13.9 Å². The molecule has 0 aliphatic carbocycles. The molecule has 0 radical (unpaired) electrons. The number of hydrogen-bond donors (Lipinski definition) is 0. The number of pyridine rings is 1. The summed E-state index contributed by atoms with van der Waals surface area (Å²) in [7, 11) is 0. The molecule has 0 spiro atoms. The van der Waals surface area contributed by atoms with Crippen molar-refractivity contribution in [1.82, 2.24) is 4.98 Å². The Morgan fingerprint density at radius 2 is 1.71 bits per heavy atom. The van der Waals surface area contributed by atoms with Crippen molar-refractivity contribution in [2.45, 2.75) is 40.4 Å². The molecular formula is C23H23ClFNO2. The highest BCUT2D eigenvalue weighted by Crippen LogP contribution is 2.39. The Morgan fingerprint density at radius 1 is 1.00 bits per heavy atom. The van der Waals surface area contributed by atoms with E-state index in [9.17, 15) is 4.39 Å². The van der Waals surface area contributed by atoms with Gasteiger partial charge >= 0.3 is 0 Å². The minimum Gasteiger partial charge on any atom is -0.455 e. The average Bonchev–Trinajstić information content (AvgIpc) is 2.68. The van der Waals surface area contributed by atoms with E-state index in [2.05, 4.69) is 4.98 Å². The molecule has 0 saturated carbocycles. The standard InChI is InChI=1S/C23H23ClFNO2/c1-14-12-21(16(3)26-15(14)2)28-20-11-10-19(25)23(24)22(20)17(4)27-13-18-8-6-5-7-9-18/h5-12,17H,13H2,1-4H3. The molecule has 3 aromatic rings. The fourth-order valence-electron chi connectivity index (χ4n) is 2.92. The highest BCUT2D eigenvalue weighted by molar-refractivity contribution is 6.31. The van der Waals surface area contributed by atoms with E-state index in [-0.39, 0.29) is 5.02 Å². The summed E-state index contributed by atoms with van der Waals surface area (Å²) in [6, 6.07) is 14.6. The second-order valence-corrected chi connectivity index (χ2v) is 7.17. The Morgan fingerprint density at radius 3 is 2.43 bits per heavy atom. The number of aryl methyl sites for hydroxylation is 3. The first-order valence-electron chi connectivity index (χ1n) is 9.13. The van der Waals surface area contributed by atoms with E-state index in [4.69, 9.17) is 21.1 Å². The lowest BCUT2D eigenvalue weighted by Gasteiger charge is -2.20. The van der Waals surface area contributed by atoms with Crippen LogP contribution in [0.25, 0.3) is 0 Å². The number of benzene rings is 2. The van der Waals surface area contributed by atoms with Crippen molar-refractivity contribution in [3.8, 4) is 11.5 Å². The van der Waals surface area contributed by atoms with Gasteiger partial charge < -0.3 is 9.47 Å². The second-order valence-electron chi connectivity index (χ2n) is 6.79. The van der Waals surface area contributed by atoms with Gasteiger partial charge in [0.1, 0.15) is 17.3 Å². The molecule has 0 aliphatic heterocycles. The first kappa shape index (κ1) is 20.3. The van der Waals surface area contributed by atoms with Crippen LogP contribution in [0.15, 0.2) is 48.5 Å². The lowest BCUT2D eigenvalue weighted by molar-refractivity contribution is 0.0511. The van der Waals surface area contributed by atoms with E-state index in [0.29, 0.717) is 23.7 Å². The van der Waals surface area contributed by atoms with Gasteiger partial charge in [0.2, 0.25) is 0 Å². The van der Waals surface area contributed by atoms with E-state index >= 15 is 0 Å². The predicted molar refractivity (Wildman–Crippen MR) is 110 cm³/mol. The zero-order valence-corrected chi connectivity index (χ0v) is 17.2. The van der Waals surface area contributed by atoms with Crippen LogP contribution in [0, 0.1) is 26.6 Å². The molecule has 1 heterocycles. The molecule has 1 unspecified atom stereocenters. The van der Waals surface area contributed by atoms with Crippen molar-refractivity contribution in [3.63, 3.8) is 0 Å². The molecule has 3 nitrogen and oxygen atoms in total. The lowest BCUT2D eigenvalue weighted by Crippen LogP contribution is -2.05. The maximum atomic E-state index is 14.2.